The quantitative estimate of drug-likeness (QED) is 0.476. The van der Waals surface area contributed by atoms with Gasteiger partial charge in [0.25, 0.3) is 0 Å². The van der Waals surface area contributed by atoms with Gasteiger partial charge in [0.1, 0.15) is 6.04 Å². The first-order chi connectivity index (χ1) is 8.69. The van der Waals surface area contributed by atoms with Crippen molar-refractivity contribution in [1.29, 1.82) is 0 Å². The third kappa shape index (κ3) is 4.89. The zero-order valence-corrected chi connectivity index (χ0v) is 11.1. The molecule has 0 spiro atoms. The Morgan fingerprint density at radius 3 is 2.89 bits per heavy atom. The second-order valence-electron chi connectivity index (χ2n) is 4.40. The molecule has 1 aliphatic heterocycles. The average Bonchev–Trinajstić information content (AvgIpc) is 2.82. The lowest BCUT2D eigenvalue weighted by atomic mass is 10.2. The summed E-state index contributed by atoms with van der Waals surface area (Å²) in [4.78, 5) is 13.5. The number of carbonyl (C=O) groups excluding carboxylic acids is 1. The molecule has 1 fully saturated rings. The van der Waals surface area contributed by atoms with Crippen LogP contribution in [0, 0.1) is 0 Å². The summed E-state index contributed by atoms with van der Waals surface area (Å²) in [7, 11) is 2.99. The smallest absolute Gasteiger partial charge is 0.323 e. The van der Waals surface area contributed by atoms with E-state index < -0.39 is 6.10 Å². The number of carbonyl (C=O) groups is 1. The largest absolute Gasteiger partial charge is 0.468 e. The normalized spacial score (nSPS) is 22.1. The van der Waals surface area contributed by atoms with E-state index in [1.807, 2.05) is 4.90 Å². The Morgan fingerprint density at radius 1 is 1.44 bits per heavy atom. The Hall–Kier alpha value is -0.690. The molecule has 2 atom stereocenters. The van der Waals surface area contributed by atoms with Gasteiger partial charge < -0.3 is 19.3 Å². The van der Waals surface area contributed by atoms with E-state index in [4.69, 9.17) is 14.2 Å². The first-order valence-corrected chi connectivity index (χ1v) is 6.25. The van der Waals surface area contributed by atoms with E-state index in [2.05, 4.69) is 0 Å². The van der Waals surface area contributed by atoms with Gasteiger partial charge in [-0.3, -0.25) is 9.69 Å². The van der Waals surface area contributed by atoms with Crippen LogP contribution >= 0.6 is 0 Å². The van der Waals surface area contributed by atoms with Crippen molar-refractivity contribution < 1.29 is 24.1 Å². The van der Waals surface area contributed by atoms with Gasteiger partial charge in [-0.15, -0.1) is 0 Å². The van der Waals surface area contributed by atoms with E-state index in [0.717, 1.165) is 19.4 Å². The summed E-state index contributed by atoms with van der Waals surface area (Å²) >= 11 is 0. The highest BCUT2D eigenvalue weighted by Gasteiger charge is 2.32. The van der Waals surface area contributed by atoms with Gasteiger partial charge in [0, 0.05) is 13.7 Å². The van der Waals surface area contributed by atoms with Gasteiger partial charge in [0.05, 0.1) is 33.0 Å². The Morgan fingerprint density at radius 2 is 2.22 bits per heavy atom. The van der Waals surface area contributed by atoms with Crippen molar-refractivity contribution in [3.8, 4) is 0 Å². The second-order valence-corrected chi connectivity index (χ2v) is 4.40. The molecule has 0 radical (unpaired) electrons. The van der Waals surface area contributed by atoms with E-state index in [0.29, 0.717) is 19.8 Å². The SMILES string of the molecule is COCCOCC(O)CN1CCCC1C(=O)OC. The molecule has 0 bridgehead atoms. The Kier molecular flexibility index (Phi) is 7.19. The highest BCUT2D eigenvalue weighted by Crippen LogP contribution is 2.18. The molecule has 6 heteroatoms. The highest BCUT2D eigenvalue weighted by atomic mass is 16.5. The van der Waals surface area contributed by atoms with Gasteiger partial charge in [-0.25, -0.2) is 0 Å². The molecule has 1 heterocycles. The second kappa shape index (κ2) is 8.42. The van der Waals surface area contributed by atoms with Gasteiger partial charge in [-0.1, -0.05) is 0 Å². The maximum Gasteiger partial charge on any atom is 0.323 e. The summed E-state index contributed by atoms with van der Waals surface area (Å²) in [5.41, 5.74) is 0. The number of esters is 1. The lowest BCUT2D eigenvalue weighted by Gasteiger charge is -2.24. The van der Waals surface area contributed by atoms with Crippen LogP contribution in [0.2, 0.25) is 0 Å². The van der Waals surface area contributed by atoms with Crippen LogP contribution in [0.3, 0.4) is 0 Å². The predicted octanol–water partition coefficient (Wildman–Crippen LogP) is -0.352. The fourth-order valence-corrected chi connectivity index (χ4v) is 2.13. The number of methoxy groups -OCH3 is 2. The van der Waals surface area contributed by atoms with Crippen LogP contribution in [0.15, 0.2) is 0 Å². The van der Waals surface area contributed by atoms with E-state index >= 15 is 0 Å². The van der Waals surface area contributed by atoms with Gasteiger partial charge in [-0.05, 0) is 19.4 Å². The monoisotopic (exact) mass is 261 g/mol. The minimum absolute atomic E-state index is 0.219. The molecule has 0 amide bonds. The highest BCUT2D eigenvalue weighted by molar-refractivity contribution is 5.75. The lowest BCUT2D eigenvalue weighted by Crippen LogP contribution is -2.42. The minimum atomic E-state index is -0.591. The van der Waals surface area contributed by atoms with Crippen LogP contribution in [-0.4, -0.2) is 75.3 Å². The molecular formula is C12H23NO5. The van der Waals surface area contributed by atoms with Crippen LogP contribution in [0.1, 0.15) is 12.8 Å². The number of ether oxygens (including phenoxy) is 3. The van der Waals surface area contributed by atoms with Crippen molar-refractivity contribution in [2.24, 2.45) is 0 Å². The van der Waals surface area contributed by atoms with Gasteiger partial charge in [-0.2, -0.15) is 0 Å². The predicted molar refractivity (Wildman–Crippen MR) is 65.3 cm³/mol. The third-order valence-corrected chi connectivity index (χ3v) is 3.02. The van der Waals surface area contributed by atoms with Crippen molar-refractivity contribution >= 4 is 5.97 Å². The number of hydrogen-bond donors (Lipinski definition) is 1. The van der Waals surface area contributed by atoms with E-state index in [9.17, 15) is 9.90 Å². The lowest BCUT2D eigenvalue weighted by molar-refractivity contribution is -0.146. The first kappa shape index (κ1) is 15.4. The number of rotatable bonds is 8. The van der Waals surface area contributed by atoms with Gasteiger partial charge in [0.2, 0.25) is 0 Å². The fourth-order valence-electron chi connectivity index (χ4n) is 2.13. The number of likely N-dealkylation sites (tertiary alicyclic amines) is 1. The summed E-state index contributed by atoms with van der Waals surface area (Å²) in [6, 6.07) is -0.219. The zero-order valence-electron chi connectivity index (χ0n) is 11.1. The molecule has 1 N–H and O–H groups in total. The van der Waals surface area contributed by atoms with Crippen molar-refractivity contribution in [1.82, 2.24) is 4.90 Å². The van der Waals surface area contributed by atoms with Gasteiger partial charge >= 0.3 is 5.97 Å². The molecule has 0 aromatic carbocycles. The van der Waals surface area contributed by atoms with Crippen LogP contribution in [-0.2, 0) is 19.0 Å². The maximum absolute atomic E-state index is 11.5. The van der Waals surface area contributed by atoms with Crippen LogP contribution in [0.25, 0.3) is 0 Å². The zero-order chi connectivity index (χ0) is 13.4. The molecule has 0 saturated carbocycles. The Labute approximate surface area is 108 Å². The first-order valence-electron chi connectivity index (χ1n) is 6.25. The van der Waals surface area contributed by atoms with Crippen molar-refractivity contribution in [2.45, 2.75) is 25.0 Å². The van der Waals surface area contributed by atoms with Crippen molar-refractivity contribution in [2.75, 3.05) is 47.1 Å². The molecule has 1 aliphatic rings. The van der Waals surface area contributed by atoms with Gasteiger partial charge in [0.15, 0.2) is 0 Å². The molecule has 18 heavy (non-hydrogen) atoms. The topological polar surface area (TPSA) is 68.2 Å². The Balaban J connectivity index is 2.25. The Bertz CT molecular complexity index is 249. The molecule has 0 aliphatic carbocycles. The molecule has 106 valence electrons. The molecule has 0 aromatic heterocycles. The van der Waals surface area contributed by atoms with E-state index in [-0.39, 0.29) is 18.6 Å². The van der Waals surface area contributed by atoms with E-state index in [1.165, 1.54) is 7.11 Å². The average molecular weight is 261 g/mol. The summed E-state index contributed by atoms with van der Waals surface area (Å²) < 4.78 is 14.8. The van der Waals surface area contributed by atoms with E-state index in [1.54, 1.807) is 7.11 Å². The molecule has 6 nitrogen and oxygen atoms in total. The molecule has 2 unspecified atom stereocenters. The standard InChI is InChI=1S/C12H23NO5/c1-16-6-7-18-9-10(14)8-13-5-3-4-11(13)12(15)17-2/h10-11,14H,3-9H2,1-2H3. The van der Waals surface area contributed by atoms with Crippen LogP contribution in [0.5, 0.6) is 0 Å². The van der Waals surface area contributed by atoms with Crippen molar-refractivity contribution in [3.05, 3.63) is 0 Å². The summed E-state index contributed by atoms with van der Waals surface area (Å²) in [6.07, 6.45) is 1.16. The summed E-state index contributed by atoms with van der Waals surface area (Å²) in [6.45, 7) is 2.49. The number of aliphatic hydroxyl groups excluding tert-OH is 1. The molecule has 1 saturated heterocycles. The summed E-state index contributed by atoms with van der Waals surface area (Å²) in [5.74, 6) is -0.222. The number of β-amino-alcohol motifs (C(OH)–C–C–N with tert-alkyl or cyclic N) is 1. The summed E-state index contributed by atoms with van der Waals surface area (Å²) in [5, 5.41) is 9.82. The number of hydrogen-bond acceptors (Lipinski definition) is 6. The van der Waals surface area contributed by atoms with Crippen LogP contribution in [0.4, 0.5) is 0 Å². The molecule has 1 rings (SSSR count). The maximum atomic E-state index is 11.5. The minimum Gasteiger partial charge on any atom is -0.468 e. The molecular weight excluding hydrogens is 238 g/mol. The third-order valence-electron chi connectivity index (χ3n) is 3.02. The fraction of sp³-hybridized carbons (Fsp3) is 0.917. The molecule has 0 aromatic rings. The number of nitrogens with zero attached hydrogens (tertiary/aromatic N) is 1. The van der Waals surface area contributed by atoms with Crippen molar-refractivity contribution in [3.63, 3.8) is 0 Å². The van der Waals surface area contributed by atoms with Crippen LogP contribution < -0.4 is 0 Å². The number of aliphatic hydroxyl groups is 1.